The third-order valence-electron chi connectivity index (χ3n) is 4.70. The maximum atomic E-state index is 13.7. The van der Waals surface area contributed by atoms with Gasteiger partial charge in [0.2, 0.25) is 5.82 Å². The van der Waals surface area contributed by atoms with Gasteiger partial charge in [0.25, 0.3) is 0 Å². The normalized spacial score (nSPS) is 13.5. The molecule has 27 heavy (non-hydrogen) atoms. The molecule has 0 amide bonds. The van der Waals surface area contributed by atoms with Crippen molar-refractivity contribution in [3.63, 3.8) is 0 Å². The molecule has 2 aromatic heterocycles. The summed E-state index contributed by atoms with van der Waals surface area (Å²) in [5, 5.41) is 12.3. The summed E-state index contributed by atoms with van der Waals surface area (Å²) in [6, 6.07) is 5.69. The molecule has 0 radical (unpaired) electrons. The number of fused-ring (bicyclic) bond motifs is 3. The standard InChI is InChI=1S/C18H15FN4O4/c1-27-18(24)10-6-16(23(25)26)17(20-8-10)22-5-4-15-13(9-22)12-7-11(19)2-3-14(12)21-15/h2-3,6-8,21H,4-5,9H2,1H3. The number of methoxy groups -OCH3 is 1. The summed E-state index contributed by atoms with van der Waals surface area (Å²) in [5.74, 6) is -0.859. The first kappa shape index (κ1) is 17.0. The molecular weight excluding hydrogens is 355 g/mol. The molecule has 9 heteroatoms. The Hall–Kier alpha value is -3.49. The highest BCUT2D eigenvalue weighted by Gasteiger charge is 2.28. The number of aromatic amines is 1. The van der Waals surface area contributed by atoms with E-state index in [0.717, 1.165) is 22.2 Å². The fourth-order valence-corrected chi connectivity index (χ4v) is 3.42. The number of hydrogen-bond donors (Lipinski definition) is 1. The monoisotopic (exact) mass is 370 g/mol. The average molecular weight is 370 g/mol. The molecule has 0 aliphatic carbocycles. The molecule has 1 aliphatic heterocycles. The smallest absolute Gasteiger partial charge is 0.339 e. The van der Waals surface area contributed by atoms with Crippen molar-refractivity contribution in [2.45, 2.75) is 13.0 Å². The van der Waals surface area contributed by atoms with Crippen LogP contribution in [0.4, 0.5) is 15.9 Å². The van der Waals surface area contributed by atoms with Gasteiger partial charge in [-0.05, 0) is 18.2 Å². The maximum absolute atomic E-state index is 13.7. The van der Waals surface area contributed by atoms with Crippen LogP contribution in [0.3, 0.4) is 0 Å². The minimum absolute atomic E-state index is 0.0137. The summed E-state index contributed by atoms with van der Waals surface area (Å²) in [5.41, 5.74) is 2.45. The third kappa shape index (κ3) is 2.86. The number of nitro groups is 1. The zero-order valence-electron chi connectivity index (χ0n) is 14.4. The summed E-state index contributed by atoms with van der Waals surface area (Å²) in [6.45, 7) is 0.859. The number of pyridine rings is 1. The molecule has 4 rings (SSSR count). The quantitative estimate of drug-likeness (QED) is 0.432. The highest BCUT2D eigenvalue weighted by molar-refractivity contribution is 5.90. The lowest BCUT2D eigenvalue weighted by atomic mass is 10.0. The highest BCUT2D eigenvalue weighted by Crippen LogP contribution is 2.34. The number of nitrogens with one attached hydrogen (secondary N) is 1. The number of benzene rings is 1. The molecule has 1 aliphatic rings. The van der Waals surface area contributed by atoms with E-state index in [1.807, 2.05) is 0 Å². The number of nitrogens with zero attached hydrogens (tertiary/aromatic N) is 3. The van der Waals surface area contributed by atoms with Crippen LogP contribution in [0.2, 0.25) is 0 Å². The Labute approximate surface area is 152 Å². The topological polar surface area (TPSA) is 101 Å². The second-order valence-corrected chi connectivity index (χ2v) is 6.26. The van der Waals surface area contributed by atoms with E-state index in [9.17, 15) is 19.3 Å². The fraction of sp³-hybridized carbons (Fsp3) is 0.222. The van der Waals surface area contributed by atoms with Gasteiger partial charge in [-0.2, -0.15) is 0 Å². The molecule has 8 nitrogen and oxygen atoms in total. The first-order chi connectivity index (χ1) is 13.0. The Kier molecular flexibility index (Phi) is 3.98. The minimum Gasteiger partial charge on any atom is -0.465 e. The van der Waals surface area contributed by atoms with Crippen molar-refractivity contribution in [2.75, 3.05) is 18.6 Å². The Bertz CT molecular complexity index is 1080. The largest absolute Gasteiger partial charge is 0.465 e. The van der Waals surface area contributed by atoms with Crippen molar-refractivity contribution in [3.05, 3.63) is 63.2 Å². The lowest BCUT2D eigenvalue weighted by molar-refractivity contribution is -0.384. The Morgan fingerprint density at radius 1 is 1.41 bits per heavy atom. The van der Waals surface area contributed by atoms with Gasteiger partial charge in [-0.25, -0.2) is 14.2 Å². The minimum atomic E-state index is -0.690. The van der Waals surface area contributed by atoms with Crippen LogP contribution in [0.25, 0.3) is 10.9 Å². The van der Waals surface area contributed by atoms with E-state index in [-0.39, 0.29) is 22.9 Å². The molecule has 0 spiro atoms. The van der Waals surface area contributed by atoms with Gasteiger partial charge < -0.3 is 14.6 Å². The number of carbonyl (C=O) groups excluding carboxylic acids is 1. The summed E-state index contributed by atoms with van der Waals surface area (Å²) in [4.78, 5) is 31.8. The summed E-state index contributed by atoms with van der Waals surface area (Å²) < 4.78 is 18.3. The second-order valence-electron chi connectivity index (χ2n) is 6.26. The van der Waals surface area contributed by atoms with Crippen molar-refractivity contribution in [1.29, 1.82) is 0 Å². The number of esters is 1. The Morgan fingerprint density at radius 3 is 2.96 bits per heavy atom. The summed E-state index contributed by atoms with van der Waals surface area (Å²) in [7, 11) is 1.20. The molecule has 0 bridgehead atoms. The number of halogens is 1. The van der Waals surface area contributed by atoms with Crippen molar-refractivity contribution in [1.82, 2.24) is 9.97 Å². The van der Waals surface area contributed by atoms with Crippen LogP contribution in [0.15, 0.2) is 30.5 Å². The van der Waals surface area contributed by atoms with Crippen LogP contribution in [-0.4, -0.2) is 34.5 Å². The molecule has 0 saturated carbocycles. The van der Waals surface area contributed by atoms with Gasteiger partial charge in [0.15, 0.2) is 0 Å². The van der Waals surface area contributed by atoms with Gasteiger partial charge in [0.1, 0.15) is 5.82 Å². The van der Waals surface area contributed by atoms with Gasteiger partial charge in [-0.15, -0.1) is 0 Å². The predicted octanol–water partition coefficient (Wildman–Crippen LogP) is 2.96. The molecular formula is C18H15FN4O4. The Balaban J connectivity index is 1.75. The van der Waals surface area contributed by atoms with Gasteiger partial charge in [0, 0.05) is 53.9 Å². The van der Waals surface area contributed by atoms with Crippen molar-refractivity contribution in [2.24, 2.45) is 0 Å². The van der Waals surface area contributed by atoms with Gasteiger partial charge >= 0.3 is 11.7 Å². The molecule has 0 atom stereocenters. The molecule has 0 unspecified atom stereocenters. The summed E-state index contributed by atoms with van der Waals surface area (Å²) in [6.07, 6.45) is 1.88. The lowest BCUT2D eigenvalue weighted by Crippen LogP contribution is -2.31. The highest BCUT2D eigenvalue weighted by atomic mass is 19.1. The van der Waals surface area contributed by atoms with E-state index in [0.29, 0.717) is 19.5 Å². The number of rotatable bonds is 3. The third-order valence-corrected chi connectivity index (χ3v) is 4.70. The van der Waals surface area contributed by atoms with Crippen molar-refractivity contribution < 1.29 is 18.8 Å². The fourth-order valence-electron chi connectivity index (χ4n) is 3.42. The zero-order chi connectivity index (χ0) is 19.1. The number of anilines is 1. The average Bonchev–Trinajstić information content (AvgIpc) is 3.03. The predicted molar refractivity (Wildman–Crippen MR) is 95.2 cm³/mol. The zero-order valence-corrected chi connectivity index (χ0v) is 14.4. The maximum Gasteiger partial charge on any atom is 0.339 e. The molecule has 0 fully saturated rings. The lowest BCUT2D eigenvalue weighted by Gasteiger charge is -2.28. The van der Waals surface area contributed by atoms with E-state index in [1.165, 1.54) is 31.5 Å². The van der Waals surface area contributed by atoms with Crippen LogP contribution in [-0.2, 0) is 17.7 Å². The Morgan fingerprint density at radius 2 is 2.22 bits per heavy atom. The van der Waals surface area contributed by atoms with E-state index in [1.54, 1.807) is 11.0 Å². The van der Waals surface area contributed by atoms with Crippen LogP contribution < -0.4 is 4.90 Å². The molecule has 3 heterocycles. The van der Waals surface area contributed by atoms with Gasteiger partial charge in [-0.3, -0.25) is 10.1 Å². The van der Waals surface area contributed by atoms with Crippen LogP contribution in [0.1, 0.15) is 21.6 Å². The second kappa shape index (κ2) is 6.35. The van der Waals surface area contributed by atoms with Gasteiger partial charge in [-0.1, -0.05) is 0 Å². The first-order valence-electron chi connectivity index (χ1n) is 8.24. The number of H-pyrrole nitrogens is 1. The number of hydrogen-bond acceptors (Lipinski definition) is 6. The van der Waals surface area contributed by atoms with Crippen LogP contribution in [0, 0.1) is 15.9 Å². The van der Waals surface area contributed by atoms with Crippen LogP contribution in [0.5, 0.6) is 0 Å². The van der Waals surface area contributed by atoms with E-state index in [4.69, 9.17) is 0 Å². The van der Waals surface area contributed by atoms with Crippen molar-refractivity contribution in [3.8, 4) is 0 Å². The molecule has 3 aromatic rings. The van der Waals surface area contributed by atoms with Crippen molar-refractivity contribution >= 4 is 28.4 Å². The number of carbonyl (C=O) groups is 1. The van der Waals surface area contributed by atoms with Gasteiger partial charge in [0.05, 0.1) is 17.6 Å². The molecule has 0 saturated heterocycles. The summed E-state index contributed by atoms with van der Waals surface area (Å²) >= 11 is 0. The van der Waals surface area contributed by atoms with E-state index < -0.39 is 10.9 Å². The number of ether oxygens (including phenoxy) is 1. The number of aromatic nitrogens is 2. The van der Waals surface area contributed by atoms with E-state index in [2.05, 4.69) is 14.7 Å². The van der Waals surface area contributed by atoms with Crippen LogP contribution >= 0.6 is 0 Å². The molecule has 138 valence electrons. The first-order valence-corrected chi connectivity index (χ1v) is 8.24. The molecule has 1 aromatic carbocycles. The van der Waals surface area contributed by atoms with E-state index >= 15 is 0 Å². The SMILES string of the molecule is COC(=O)c1cnc(N2CCc3[nH]c4ccc(F)cc4c3C2)c([N+](=O)[O-])c1. The molecule has 1 N–H and O–H groups in total.